The molecule has 3 rings (SSSR count). The third-order valence-electron chi connectivity index (χ3n) is 4.31. The van der Waals surface area contributed by atoms with Crippen molar-refractivity contribution in [1.82, 2.24) is 19.9 Å². The maximum absolute atomic E-state index is 6.00. The smallest absolute Gasteiger partial charge is 0.229 e. The molecular weight excluding hydrogens is 288 g/mol. The van der Waals surface area contributed by atoms with Crippen LogP contribution in [-0.4, -0.2) is 51.6 Å². The number of rotatable bonds is 5. The fourth-order valence-corrected chi connectivity index (χ4v) is 3.47. The van der Waals surface area contributed by atoms with Gasteiger partial charge in [-0.3, -0.25) is 4.90 Å². The van der Waals surface area contributed by atoms with Crippen LogP contribution >= 0.6 is 11.6 Å². The summed E-state index contributed by atoms with van der Waals surface area (Å²) in [5.41, 5.74) is 0. The molecule has 2 aliphatic rings. The first-order chi connectivity index (χ1) is 10.3. The third-order valence-corrected chi connectivity index (χ3v) is 4.48. The Kier molecular flexibility index (Phi) is 4.75. The number of aromatic nitrogens is 3. The highest BCUT2D eigenvalue weighted by Gasteiger charge is 2.35. The first-order valence-corrected chi connectivity index (χ1v) is 8.30. The molecule has 2 fully saturated rings. The molecule has 0 amide bonds. The van der Waals surface area contributed by atoms with Gasteiger partial charge in [0, 0.05) is 25.2 Å². The van der Waals surface area contributed by atoms with Crippen molar-refractivity contribution in [3.05, 3.63) is 5.28 Å². The van der Waals surface area contributed by atoms with Crippen molar-refractivity contribution in [3.63, 3.8) is 0 Å². The van der Waals surface area contributed by atoms with Crippen LogP contribution in [0.4, 0.5) is 11.9 Å². The topological polar surface area (TPSA) is 66.0 Å². The summed E-state index contributed by atoms with van der Waals surface area (Å²) >= 11 is 6.00. The minimum absolute atomic E-state index is 0.240. The summed E-state index contributed by atoms with van der Waals surface area (Å²) in [5.74, 6) is 1.14. The standard InChI is InChI=1S/C14H23ClN6/c1-2-7-16-13-18-12(15)19-14(20-13)17-10-6-9-21-8-4-3-5-11(10)21/h10-11H,2-9H2,1H3,(H2,16,17,18,19,20). The van der Waals surface area contributed by atoms with Gasteiger partial charge in [-0.1, -0.05) is 13.3 Å². The van der Waals surface area contributed by atoms with Gasteiger partial charge in [-0.2, -0.15) is 15.0 Å². The average Bonchev–Trinajstić information content (AvgIpc) is 2.88. The third kappa shape index (κ3) is 3.55. The van der Waals surface area contributed by atoms with E-state index < -0.39 is 0 Å². The lowest BCUT2D eigenvalue weighted by Crippen LogP contribution is -2.42. The van der Waals surface area contributed by atoms with Crippen LogP contribution < -0.4 is 10.6 Å². The molecule has 2 unspecified atom stereocenters. The number of halogens is 1. The molecule has 2 N–H and O–H groups in total. The Balaban J connectivity index is 1.68. The molecule has 0 aromatic carbocycles. The number of nitrogens with zero attached hydrogens (tertiary/aromatic N) is 4. The van der Waals surface area contributed by atoms with E-state index in [1.165, 1.54) is 32.4 Å². The van der Waals surface area contributed by atoms with Gasteiger partial charge in [0.05, 0.1) is 0 Å². The zero-order valence-corrected chi connectivity index (χ0v) is 13.2. The Labute approximate surface area is 130 Å². The van der Waals surface area contributed by atoms with Gasteiger partial charge in [0.25, 0.3) is 0 Å². The number of nitrogens with one attached hydrogen (secondary N) is 2. The van der Waals surface area contributed by atoms with Crippen LogP contribution in [0, 0.1) is 0 Å². The maximum Gasteiger partial charge on any atom is 0.229 e. The minimum Gasteiger partial charge on any atom is -0.354 e. The van der Waals surface area contributed by atoms with E-state index in [1.807, 2.05) is 0 Å². The van der Waals surface area contributed by atoms with Crippen molar-refractivity contribution >= 4 is 23.5 Å². The van der Waals surface area contributed by atoms with Crippen LogP contribution in [0.15, 0.2) is 0 Å². The minimum atomic E-state index is 0.240. The normalized spacial score (nSPS) is 25.6. The van der Waals surface area contributed by atoms with Crippen LogP contribution in [0.1, 0.15) is 39.0 Å². The summed E-state index contributed by atoms with van der Waals surface area (Å²) in [6, 6.07) is 1.03. The van der Waals surface area contributed by atoms with Gasteiger partial charge in [0.2, 0.25) is 17.2 Å². The van der Waals surface area contributed by atoms with E-state index in [1.54, 1.807) is 0 Å². The van der Waals surface area contributed by atoms with E-state index in [0.717, 1.165) is 19.4 Å². The van der Waals surface area contributed by atoms with Gasteiger partial charge in [-0.15, -0.1) is 0 Å². The second kappa shape index (κ2) is 6.75. The van der Waals surface area contributed by atoms with Crippen LogP contribution in [0.25, 0.3) is 0 Å². The molecule has 116 valence electrons. The Morgan fingerprint density at radius 3 is 2.86 bits per heavy atom. The van der Waals surface area contributed by atoms with Crippen LogP contribution in [0.3, 0.4) is 0 Å². The van der Waals surface area contributed by atoms with Gasteiger partial charge >= 0.3 is 0 Å². The summed E-state index contributed by atoms with van der Waals surface area (Å²) in [6.45, 7) is 5.33. The quantitative estimate of drug-likeness (QED) is 0.870. The van der Waals surface area contributed by atoms with Gasteiger partial charge in [-0.25, -0.2) is 0 Å². The van der Waals surface area contributed by atoms with E-state index in [9.17, 15) is 0 Å². The van der Waals surface area contributed by atoms with E-state index >= 15 is 0 Å². The van der Waals surface area contributed by atoms with Crippen LogP contribution in [0.2, 0.25) is 5.28 Å². The number of fused-ring (bicyclic) bond motifs is 1. The SMILES string of the molecule is CCCNc1nc(Cl)nc(NC2CCN3CCCCC23)n1. The lowest BCUT2D eigenvalue weighted by Gasteiger charge is -2.32. The molecule has 2 aliphatic heterocycles. The molecule has 0 radical (unpaired) electrons. The van der Waals surface area contributed by atoms with Crippen molar-refractivity contribution in [2.75, 3.05) is 30.3 Å². The Morgan fingerprint density at radius 2 is 2.00 bits per heavy atom. The second-order valence-electron chi connectivity index (χ2n) is 5.82. The van der Waals surface area contributed by atoms with Gasteiger partial charge < -0.3 is 10.6 Å². The molecule has 7 heteroatoms. The van der Waals surface area contributed by atoms with E-state index in [2.05, 4.69) is 37.4 Å². The van der Waals surface area contributed by atoms with E-state index in [4.69, 9.17) is 11.6 Å². The summed E-state index contributed by atoms with van der Waals surface area (Å²) in [4.78, 5) is 15.3. The molecule has 21 heavy (non-hydrogen) atoms. The molecule has 3 heterocycles. The zero-order chi connectivity index (χ0) is 14.7. The molecule has 0 bridgehead atoms. The van der Waals surface area contributed by atoms with Crippen LogP contribution in [-0.2, 0) is 0 Å². The largest absolute Gasteiger partial charge is 0.354 e. The second-order valence-corrected chi connectivity index (χ2v) is 6.16. The molecule has 0 aliphatic carbocycles. The molecule has 2 atom stereocenters. The lowest BCUT2D eigenvalue weighted by molar-refractivity contribution is 0.192. The van der Waals surface area contributed by atoms with Crippen molar-refractivity contribution < 1.29 is 0 Å². The number of piperidine rings is 1. The molecule has 1 aromatic heterocycles. The molecule has 6 nitrogen and oxygen atoms in total. The summed E-state index contributed by atoms with van der Waals surface area (Å²) in [6.07, 6.45) is 6.07. The molecule has 1 aromatic rings. The summed E-state index contributed by atoms with van der Waals surface area (Å²) in [5, 5.41) is 6.87. The Bertz CT molecular complexity index is 483. The van der Waals surface area contributed by atoms with Crippen molar-refractivity contribution in [3.8, 4) is 0 Å². The monoisotopic (exact) mass is 310 g/mol. The fraction of sp³-hybridized carbons (Fsp3) is 0.786. The molecule has 0 saturated carbocycles. The van der Waals surface area contributed by atoms with Crippen molar-refractivity contribution in [2.24, 2.45) is 0 Å². The maximum atomic E-state index is 6.00. The van der Waals surface area contributed by atoms with Crippen molar-refractivity contribution in [2.45, 2.75) is 51.1 Å². The fourth-order valence-electron chi connectivity index (χ4n) is 3.31. The lowest BCUT2D eigenvalue weighted by atomic mass is 9.99. The summed E-state index contributed by atoms with van der Waals surface area (Å²) in [7, 11) is 0. The number of hydrogen-bond donors (Lipinski definition) is 2. The van der Waals surface area contributed by atoms with Gasteiger partial charge in [0.15, 0.2) is 0 Å². The van der Waals surface area contributed by atoms with Gasteiger partial charge in [0.1, 0.15) is 0 Å². The Morgan fingerprint density at radius 1 is 1.14 bits per heavy atom. The zero-order valence-electron chi connectivity index (χ0n) is 12.5. The average molecular weight is 311 g/mol. The van der Waals surface area contributed by atoms with Gasteiger partial charge in [-0.05, 0) is 43.8 Å². The van der Waals surface area contributed by atoms with Crippen molar-refractivity contribution in [1.29, 1.82) is 0 Å². The van der Waals surface area contributed by atoms with E-state index in [0.29, 0.717) is 24.0 Å². The highest BCUT2D eigenvalue weighted by Crippen LogP contribution is 2.28. The predicted octanol–water partition coefficient (Wildman–Crippen LogP) is 2.39. The van der Waals surface area contributed by atoms with Crippen LogP contribution in [0.5, 0.6) is 0 Å². The number of anilines is 2. The molecule has 0 spiro atoms. The first kappa shape index (κ1) is 14.8. The summed E-state index contributed by atoms with van der Waals surface area (Å²) < 4.78 is 0. The number of hydrogen-bond acceptors (Lipinski definition) is 6. The highest BCUT2D eigenvalue weighted by atomic mass is 35.5. The highest BCUT2D eigenvalue weighted by molar-refractivity contribution is 6.28. The predicted molar refractivity (Wildman–Crippen MR) is 84.9 cm³/mol. The van der Waals surface area contributed by atoms with E-state index in [-0.39, 0.29) is 5.28 Å². The Hall–Kier alpha value is -1.14. The molecule has 2 saturated heterocycles. The first-order valence-electron chi connectivity index (χ1n) is 7.92. The molecular formula is C14H23ClN6.